The minimum absolute atomic E-state index is 0.0203. The summed E-state index contributed by atoms with van der Waals surface area (Å²) in [5.41, 5.74) is -0.163. The maximum Gasteiger partial charge on any atom is 0.262 e. The molecule has 2 aromatic rings. The van der Waals surface area contributed by atoms with E-state index in [0.29, 0.717) is 23.3 Å². The monoisotopic (exact) mass is 307 g/mol. The molecule has 0 N–H and O–H groups in total. The molecule has 0 unspecified atom stereocenters. The number of nitrogens with zero attached hydrogens (tertiary/aromatic N) is 3. The molecule has 21 heavy (non-hydrogen) atoms. The smallest absolute Gasteiger partial charge is 0.262 e. The van der Waals surface area contributed by atoms with Gasteiger partial charge < -0.3 is 9.64 Å². The summed E-state index contributed by atoms with van der Waals surface area (Å²) >= 11 is 1.42. The van der Waals surface area contributed by atoms with E-state index in [1.165, 1.54) is 22.2 Å². The number of carbonyl (C=O) groups is 1. The number of carbonyl (C=O) groups excluding carboxylic acids is 1. The Morgan fingerprint density at radius 1 is 1.43 bits per heavy atom. The van der Waals surface area contributed by atoms with E-state index >= 15 is 0 Å². The largest absolute Gasteiger partial charge is 0.372 e. The lowest BCUT2D eigenvalue weighted by Crippen LogP contribution is -2.49. The highest BCUT2D eigenvalue weighted by atomic mass is 32.1. The highest BCUT2D eigenvalue weighted by molar-refractivity contribution is 7.16. The third-order valence-electron chi connectivity index (χ3n) is 3.53. The van der Waals surface area contributed by atoms with Gasteiger partial charge in [0.25, 0.3) is 5.56 Å². The van der Waals surface area contributed by atoms with Crippen molar-refractivity contribution < 1.29 is 9.53 Å². The second kappa shape index (κ2) is 5.57. The average molecular weight is 307 g/mol. The van der Waals surface area contributed by atoms with Crippen LogP contribution in [0.4, 0.5) is 0 Å². The van der Waals surface area contributed by atoms with Crippen molar-refractivity contribution in [2.45, 2.75) is 32.6 Å². The molecule has 2 aromatic heterocycles. The van der Waals surface area contributed by atoms with E-state index < -0.39 is 0 Å². The third kappa shape index (κ3) is 2.84. The lowest BCUT2D eigenvalue weighted by atomic mass is 10.2. The summed E-state index contributed by atoms with van der Waals surface area (Å²) < 4.78 is 6.99. The molecule has 0 aromatic carbocycles. The molecule has 0 bridgehead atoms. The van der Waals surface area contributed by atoms with Gasteiger partial charge in [0.2, 0.25) is 5.91 Å². The number of thiophene rings is 1. The topological polar surface area (TPSA) is 64.4 Å². The molecule has 0 saturated carbocycles. The summed E-state index contributed by atoms with van der Waals surface area (Å²) in [7, 11) is 0. The third-order valence-corrected chi connectivity index (χ3v) is 4.35. The van der Waals surface area contributed by atoms with E-state index in [-0.39, 0.29) is 30.2 Å². The van der Waals surface area contributed by atoms with Crippen molar-refractivity contribution >= 4 is 27.5 Å². The Morgan fingerprint density at radius 2 is 2.14 bits per heavy atom. The van der Waals surface area contributed by atoms with Crippen LogP contribution in [-0.4, -0.2) is 45.7 Å². The van der Waals surface area contributed by atoms with Crippen LogP contribution in [0, 0.1) is 0 Å². The van der Waals surface area contributed by atoms with Gasteiger partial charge in [0.15, 0.2) is 0 Å². The summed E-state index contributed by atoms with van der Waals surface area (Å²) in [6, 6.07) is 1.75. The fourth-order valence-electron chi connectivity index (χ4n) is 2.63. The second-order valence-corrected chi connectivity index (χ2v) is 6.27. The summed E-state index contributed by atoms with van der Waals surface area (Å²) in [6.45, 7) is 5.04. The molecule has 0 spiro atoms. The van der Waals surface area contributed by atoms with E-state index in [2.05, 4.69) is 4.98 Å². The van der Waals surface area contributed by atoms with Gasteiger partial charge in [0.1, 0.15) is 11.4 Å². The quantitative estimate of drug-likeness (QED) is 0.833. The molecule has 0 aliphatic carbocycles. The Bertz CT molecular complexity index is 714. The molecule has 6 nitrogen and oxygen atoms in total. The fraction of sp³-hybridized carbons (Fsp3) is 0.500. The van der Waals surface area contributed by atoms with Crippen molar-refractivity contribution in [3.63, 3.8) is 0 Å². The first-order valence-corrected chi connectivity index (χ1v) is 7.78. The highest BCUT2D eigenvalue weighted by Gasteiger charge is 2.26. The molecule has 3 heterocycles. The van der Waals surface area contributed by atoms with Crippen LogP contribution in [0.1, 0.15) is 13.8 Å². The van der Waals surface area contributed by atoms with E-state index in [4.69, 9.17) is 4.74 Å². The van der Waals surface area contributed by atoms with Gasteiger partial charge in [0.05, 0.1) is 23.9 Å². The number of amides is 1. The molecular weight excluding hydrogens is 290 g/mol. The molecule has 0 radical (unpaired) electrons. The molecule has 1 amide bonds. The van der Waals surface area contributed by atoms with E-state index in [0.717, 1.165) is 0 Å². The van der Waals surface area contributed by atoms with Gasteiger partial charge in [-0.15, -0.1) is 11.3 Å². The Hall–Kier alpha value is -1.73. The SMILES string of the molecule is C[C@@H]1CN(C(=O)Cn2cnc3sccc3c2=O)C[C@H](C)O1. The molecule has 1 aliphatic heterocycles. The summed E-state index contributed by atoms with van der Waals surface area (Å²) in [5.74, 6) is -0.0736. The van der Waals surface area contributed by atoms with Gasteiger partial charge in [-0.05, 0) is 25.3 Å². The zero-order valence-corrected chi connectivity index (χ0v) is 12.8. The zero-order valence-electron chi connectivity index (χ0n) is 12.0. The van der Waals surface area contributed by atoms with E-state index in [1.807, 2.05) is 19.2 Å². The second-order valence-electron chi connectivity index (χ2n) is 5.37. The minimum atomic E-state index is -0.163. The highest BCUT2D eigenvalue weighted by Crippen LogP contribution is 2.14. The summed E-state index contributed by atoms with van der Waals surface area (Å²) in [4.78, 5) is 31.3. The van der Waals surface area contributed by atoms with Gasteiger partial charge in [-0.2, -0.15) is 0 Å². The van der Waals surface area contributed by atoms with Crippen molar-refractivity contribution in [3.05, 3.63) is 28.1 Å². The number of fused-ring (bicyclic) bond motifs is 1. The van der Waals surface area contributed by atoms with Crippen LogP contribution in [0.3, 0.4) is 0 Å². The Kier molecular flexibility index (Phi) is 3.77. The molecule has 3 rings (SSSR count). The standard InChI is InChI=1S/C14H17N3O3S/c1-9-5-16(6-10(2)20-9)12(18)7-17-8-15-13-11(14(17)19)3-4-21-13/h3-4,8-10H,5-7H2,1-2H3/t9-,10+. The van der Waals surface area contributed by atoms with Crippen molar-refractivity contribution in [3.8, 4) is 0 Å². The summed E-state index contributed by atoms with van der Waals surface area (Å²) in [5, 5.41) is 2.40. The van der Waals surface area contributed by atoms with E-state index in [9.17, 15) is 9.59 Å². The van der Waals surface area contributed by atoms with Crippen LogP contribution >= 0.6 is 11.3 Å². The van der Waals surface area contributed by atoms with Crippen LogP contribution in [0.15, 0.2) is 22.6 Å². The minimum Gasteiger partial charge on any atom is -0.372 e. The number of rotatable bonds is 2. The number of hydrogen-bond donors (Lipinski definition) is 0. The lowest BCUT2D eigenvalue weighted by molar-refractivity contribution is -0.143. The van der Waals surface area contributed by atoms with Gasteiger partial charge in [0, 0.05) is 13.1 Å². The first kappa shape index (κ1) is 14.2. The Morgan fingerprint density at radius 3 is 2.86 bits per heavy atom. The first-order valence-electron chi connectivity index (χ1n) is 6.90. The predicted octanol–water partition coefficient (Wildman–Crippen LogP) is 1.09. The van der Waals surface area contributed by atoms with Crippen molar-refractivity contribution in [1.29, 1.82) is 0 Å². The number of hydrogen-bond acceptors (Lipinski definition) is 5. The van der Waals surface area contributed by atoms with Crippen LogP contribution in [0.25, 0.3) is 10.2 Å². The predicted molar refractivity (Wildman–Crippen MR) is 80.5 cm³/mol. The molecule has 112 valence electrons. The van der Waals surface area contributed by atoms with Gasteiger partial charge in [-0.25, -0.2) is 4.98 Å². The van der Waals surface area contributed by atoms with E-state index in [1.54, 1.807) is 11.0 Å². The van der Waals surface area contributed by atoms with Crippen LogP contribution in [0.2, 0.25) is 0 Å². The average Bonchev–Trinajstić information content (AvgIpc) is 2.90. The van der Waals surface area contributed by atoms with Crippen LogP contribution in [-0.2, 0) is 16.1 Å². The Balaban J connectivity index is 1.80. The van der Waals surface area contributed by atoms with Gasteiger partial charge >= 0.3 is 0 Å². The van der Waals surface area contributed by atoms with Crippen molar-refractivity contribution in [2.75, 3.05) is 13.1 Å². The molecule has 7 heteroatoms. The molecular formula is C14H17N3O3S. The first-order chi connectivity index (χ1) is 10.0. The van der Waals surface area contributed by atoms with Crippen molar-refractivity contribution in [1.82, 2.24) is 14.5 Å². The lowest BCUT2D eigenvalue weighted by Gasteiger charge is -2.35. The zero-order chi connectivity index (χ0) is 15.0. The number of aromatic nitrogens is 2. The molecule has 1 saturated heterocycles. The van der Waals surface area contributed by atoms with Crippen molar-refractivity contribution in [2.24, 2.45) is 0 Å². The van der Waals surface area contributed by atoms with Crippen LogP contribution < -0.4 is 5.56 Å². The van der Waals surface area contributed by atoms with Gasteiger partial charge in [-0.1, -0.05) is 0 Å². The number of ether oxygens (including phenoxy) is 1. The summed E-state index contributed by atoms with van der Waals surface area (Å²) in [6.07, 6.45) is 1.49. The Labute approximate surface area is 126 Å². The maximum atomic E-state index is 12.4. The maximum absolute atomic E-state index is 12.4. The molecule has 1 fully saturated rings. The van der Waals surface area contributed by atoms with Gasteiger partial charge in [-0.3, -0.25) is 14.2 Å². The molecule has 1 aliphatic rings. The fourth-order valence-corrected chi connectivity index (χ4v) is 3.36. The molecule has 2 atom stereocenters. The normalized spacial score (nSPS) is 22.7. The number of morpholine rings is 1. The van der Waals surface area contributed by atoms with Crippen LogP contribution in [0.5, 0.6) is 0 Å².